The number of aryl methyl sites for hydroxylation is 2. The average molecular weight is 977 g/mol. The van der Waals surface area contributed by atoms with Gasteiger partial charge in [0.1, 0.15) is 30.3 Å². The van der Waals surface area contributed by atoms with Crippen LogP contribution in [0.25, 0.3) is 41.6 Å². The monoisotopic (exact) mass is 976 g/mol. The van der Waals surface area contributed by atoms with Gasteiger partial charge in [0, 0.05) is 35.4 Å². The number of nitro groups is 2. The number of non-ortho nitro benzene ring substituents is 2. The minimum Gasteiger partial charge on any atom is -0.744 e. The van der Waals surface area contributed by atoms with Gasteiger partial charge in [0.2, 0.25) is 0 Å². The summed E-state index contributed by atoms with van der Waals surface area (Å²) in [6.45, 7) is 3.16. The first-order valence-corrected chi connectivity index (χ1v) is 22.6. The Morgan fingerprint density at radius 1 is 0.523 bits per heavy atom. The molecule has 0 saturated heterocycles. The van der Waals surface area contributed by atoms with Gasteiger partial charge in [0.05, 0.1) is 62.8 Å². The van der Waals surface area contributed by atoms with Crippen LogP contribution < -0.4 is 10.9 Å². The van der Waals surface area contributed by atoms with Gasteiger partial charge in [-0.15, -0.1) is 32.9 Å². The molecule has 0 spiro atoms. The number of hydrogen-bond donors (Lipinski definition) is 2. The summed E-state index contributed by atoms with van der Waals surface area (Å²) in [5.74, 6) is 0. The van der Waals surface area contributed by atoms with E-state index in [0.29, 0.717) is 64.3 Å². The maximum atomic E-state index is 11.7. The Balaban J connectivity index is 0.000000212. The Bertz CT molecular complexity index is 3130. The van der Waals surface area contributed by atoms with Gasteiger partial charge in [-0.05, 0) is 110 Å². The van der Waals surface area contributed by atoms with Crippen LogP contribution in [-0.2, 0) is 20.2 Å². The largest absolute Gasteiger partial charge is 2.00 e. The van der Waals surface area contributed by atoms with Crippen LogP contribution in [0.15, 0.2) is 152 Å². The Labute approximate surface area is 406 Å². The molecule has 0 fully saturated rings. The van der Waals surface area contributed by atoms with Crippen molar-refractivity contribution < 1.29 is 35.8 Å². The molecule has 6 aromatic carbocycles. The van der Waals surface area contributed by atoms with Crippen LogP contribution in [-0.4, -0.2) is 83.5 Å². The predicted molar refractivity (Wildman–Crippen MR) is 244 cm³/mol. The molecule has 2 heterocycles. The number of benzene rings is 6. The minimum absolute atomic E-state index is 0. The van der Waals surface area contributed by atoms with Crippen molar-refractivity contribution in [3.8, 4) is 21.1 Å². The molecule has 8 rings (SSSR count). The summed E-state index contributed by atoms with van der Waals surface area (Å²) in [7, 11) is -9.24. The van der Waals surface area contributed by atoms with Crippen LogP contribution in [0, 0.1) is 34.1 Å². The number of anilines is 2. The van der Waals surface area contributed by atoms with Gasteiger partial charge in [-0.2, -0.15) is 0 Å². The summed E-state index contributed by atoms with van der Waals surface area (Å²) in [6, 6.07) is 31.9. The summed E-state index contributed by atoms with van der Waals surface area (Å²) in [6.07, 6.45) is 0. The van der Waals surface area contributed by atoms with E-state index in [2.05, 4.69) is 41.5 Å². The molecular weight excluding hydrogens is 949 g/mol. The van der Waals surface area contributed by atoms with Crippen molar-refractivity contribution >= 4 is 135 Å². The summed E-state index contributed by atoms with van der Waals surface area (Å²) >= 11 is 2.28. The number of nitrogens with zero attached hydrogens (tertiary/aromatic N) is 8. The molecular formula is C40H28CaN10O10S4. The maximum absolute atomic E-state index is 11.7. The molecule has 65 heavy (non-hydrogen) atoms. The number of aromatic nitrogens is 2. The molecule has 25 heteroatoms. The van der Waals surface area contributed by atoms with Crippen molar-refractivity contribution in [3.05, 3.63) is 153 Å². The Hall–Kier alpha value is -6.22. The fraction of sp³-hybridized carbons (Fsp3) is 0.0500. The van der Waals surface area contributed by atoms with E-state index < -0.39 is 30.1 Å². The topological polar surface area (TPSA) is 300 Å². The summed E-state index contributed by atoms with van der Waals surface area (Å²) in [5, 5.41) is 38.1. The van der Waals surface area contributed by atoms with E-state index in [1.54, 1.807) is 86.6 Å². The fourth-order valence-corrected chi connectivity index (χ4v) is 10.5. The van der Waals surface area contributed by atoms with E-state index in [-0.39, 0.29) is 58.9 Å². The van der Waals surface area contributed by atoms with E-state index in [0.717, 1.165) is 33.8 Å². The molecule has 0 radical (unpaired) electrons. The predicted octanol–water partition coefficient (Wildman–Crippen LogP) is 10.0. The number of hydrogen-bond acceptors (Lipinski definition) is 18. The van der Waals surface area contributed by atoms with Gasteiger partial charge in [-0.1, -0.05) is 22.6 Å². The number of thiazole rings is 2. The van der Waals surface area contributed by atoms with Gasteiger partial charge in [0.25, 0.3) is 11.4 Å². The molecule has 0 amide bonds. The summed E-state index contributed by atoms with van der Waals surface area (Å²) < 4.78 is 70.7. The number of nitrogens with one attached hydrogen (secondary N) is 2. The van der Waals surface area contributed by atoms with Crippen LogP contribution in [0.3, 0.4) is 0 Å². The van der Waals surface area contributed by atoms with E-state index in [9.17, 15) is 46.2 Å². The van der Waals surface area contributed by atoms with Gasteiger partial charge in [-0.3, -0.25) is 31.1 Å². The number of nitro benzene ring substituents is 2. The maximum Gasteiger partial charge on any atom is 2.00 e. The molecule has 2 aromatic heterocycles. The van der Waals surface area contributed by atoms with E-state index in [1.807, 2.05) is 0 Å². The second-order valence-electron chi connectivity index (χ2n) is 13.4. The smallest absolute Gasteiger partial charge is 0.744 e. The van der Waals surface area contributed by atoms with E-state index in [4.69, 9.17) is 0 Å². The van der Waals surface area contributed by atoms with Gasteiger partial charge in [0.15, 0.2) is 0 Å². The average Bonchev–Trinajstić information content (AvgIpc) is 3.88. The van der Waals surface area contributed by atoms with Crippen molar-refractivity contribution in [2.75, 3.05) is 10.9 Å². The summed E-state index contributed by atoms with van der Waals surface area (Å²) in [4.78, 5) is 28.8. The third kappa shape index (κ3) is 11.7. The van der Waals surface area contributed by atoms with Crippen LogP contribution >= 0.6 is 22.7 Å². The first-order valence-electron chi connectivity index (χ1n) is 18.2. The molecule has 0 atom stereocenters. The van der Waals surface area contributed by atoms with Crippen molar-refractivity contribution in [2.24, 2.45) is 20.7 Å². The fourth-order valence-electron chi connectivity index (χ4n) is 5.94. The molecule has 8 aromatic rings. The second kappa shape index (κ2) is 20.3. The zero-order chi connectivity index (χ0) is 45.8. The molecule has 20 nitrogen and oxygen atoms in total. The Morgan fingerprint density at radius 3 is 1.17 bits per heavy atom. The van der Waals surface area contributed by atoms with Crippen LogP contribution in [0.5, 0.6) is 0 Å². The summed E-state index contributed by atoms with van der Waals surface area (Å²) in [5.41, 5.74) is 10.8. The van der Waals surface area contributed by atoms with Crippen molar-refractivity contribution in [1.29, 1.82) is 0 Å². The minimum atomic E-state index is -4.62. The third-order valence-corrected chi connectivity index (χ3v) is 13.6. The van der Waals surface area contributed by atoms with Crippen LogP contribution in [0.4, 0.5) is 34.1 Å². The van der Waals surface area contributed by atoms with Crippen LogP contribution in [0.1, 0.15) is 11.1 Å². The Kier molecular flexibility index (Phi) is 15.1. The molecule has 0 bridgehead atoms. The zero-order valence-corrected chi connectivity index (χ0v) is 39.0. The van der Waals surface area contributed by atoms with Crippen molar-refractivity contribution in [2.45, 2.75) is 23.6 Å². The number of rotatable bonds is 12. The van der Waals surface area contributed by atoms with Crippen LogP contribution in [0.2, 0.25) is 0 Å². The molecule has 324 valence electrons. The van der Waals surface area contributed by atoms with Gasteiger partial charge in [-0.25, -0.2) is 26.8 Å². The first-order chi connectivity index (χ1) is 30.4. The normalized spacial score (nSPS) is 11.6. The van der Waals surface area contributed by atoms with Crippen molar-refractivity contribution in [3.63, 3.8) is 0 Å². The Morgan fingerprint density at radius 2 is 0.862 bits per heavy atom. The quantitative estimate of drug-likeness (QED) is 0.0378. The van der Waals surface area contributed by atoms with Gasteiger partial charge >= 0.3 is 37.7 Å². The SMILES string of the molecule is Cc1ccc2nc(-c3ccc(NN=Nc4ccc([N+](=O)[O-])cc4)cc3)sc2c1S(=O)(=O)[O-].Cc1ccc2nc(-c3ccc(NN=Nc4ccc([N+](=O)[O-])cc4)cc3)sc2c1S(=O)(=O)[O-].[Ca+2]. The molecule has 0 saturated carbocycles. The number of fused-ring (bicyclic) bond motifs is 2. The van der Waals surface area contributed by atoms with E-state index in [1.165, 1.54) is 48.5 Å². The van der Waals surface area contributed by atoms with Gasteiger partial charge < -0.3 is 9.11 Å². The molecule has 0 unspecified atom stereocenters. The molecule has 0 aliphatic rings. The standard InChI is InChI=1S/2C20H15N5O5S2.Ca/c2*1-12-2-11-17-18(19(12)32(28,29)30)31-20(21-17)13-3-5-14(6-4-13)22-24-23-15-7-9-16(10-8-15)25(26)27;/h2*2-11H,1H3,(H,22,23)(H,28,29,30);/q;;+2/p-2. The molecule has 0 aliphatic heterocycles. The zero-order valence-electron chi connectivity index (χ0n) is 33.5. The third-order valence-electron chi connectivity index (χ3n) is 8.99. The molecule has 2 N–H and O–H groups in total. The second-order valence-corrected chi connectivity index (χ2v) is 18.0. The van der Waals surface area contributed by atoms with Crippen molar-refractivity contribution in [1.82, 2.24) is 9.97 Å². The molecule has 0 aliphatic carbocycles. The first kappa shape index (κ1) is 48.2. The van der Waals surface area contributed by atoms with E-state index >= 15 is 0 Å².